The van der Waals surface area contributed by atoms with Crippen LogP contribution in [0, 0.1) is 5.92 Å². The van der Waals surface area contributed by atoms with Crippen LogP contribution in [0.2, 0.25) is 25.7 Å². The number of hydrogen-bond acceptors (Lipinski definition) is 1. The van der Waals surface area contributed by atoms with Crippen LogP contribution in [-0.2, 0) is 0 Å². The first-order valence-corrected chi connectivity index (χ1v) is 8.31. The summed E-state index contributed by atoms with van der Waals surface area (Å²) in [5.74, 6) is 0.576. The molecule has 0 saturated heterocycles. The first-order chi connectivity index (χ1) is 4.99. The van der Waals surface area contributed by atoms with Crippen molar-refractivity contribution in [2.24, 2.45) is 5.92 Å². The van der Waals surface area contributed by atoms with Crippen LogP contribution in [0.4, 0.5) is 0 Å². The van der Waals surface area contributed by atoms with Crippen LogP contribution < -0.4 is 0 Å². The summed E-state index contributed by atoms with van der Waals surface area (Å²) < 4.78 is 0. The molecule has 0 spiro atoms. The van der Waals surface area contributed by atoms with Gasteiger partial charge in [0.1, 0.15) is 0 Å². The first kappa shape index (κ1) is 11.2. The predicted molar refractivity (Wildman–Crippen MR) is 53.6 cm³/mol. The van der Waals surface area contributed by atoms with E-state index >= 15 is 0 Å². The Kier molecular flexibility index (Phi) is 5.02. The van der Waals surface area contributed by atoms with Crippen LogP contribution in [0.15, 0.2) is 0 Å². The molecule has 0 radical (unpaired) electrons. The van der Waals surface area contributed by atoms with E-state index < -0.39 is 8.07 Å². The van der Waals surface area contributed by atoms with Gasteiger partial charge in [-0.05, 0) is 12.3 Å². The van der Waals surface area contributed by atoms with Gasteiger partial charge in [-0.3, -0.25) is 0 Å². The average Bonchev–Trinajstić information content (AvgIpc) is 1.84. The van der Waals surface area contributed by atoms with E-state index in [0.717, 1.165) is 0 Å². The molecule has 0 heterocycles. The third-order valence-electron chi connectivity index (χ3n) is 1.86. The Morgan fingerprint density at radius 1 is 1.27 bits per heavy atom. The minimum absolute atomic E-state index is 0.387. The Balaban J connectivity index is 3.68. The number of rotatable bonds is 5. The second-order valence-corrected chi connectivity index (χ2v) is 10.1. The highest BCUT2D eigenvalue weighted by Crippen LogP contribution is 2.20. The maximum Gasteiger partial charge on any atom is 0.0456 e. The van der Waals surface area contributed by atoms with Gasteiger partial charge in [-0.1, -0.05) is 39.0 Å². The van der Waals surface area contributed by atoms with Crippen LogP contribution in [0.1, 0.15) is 19.8 Å². The van der Waals surface area contributed by atoms with E-state index in [1.54, 1.807) is 0 Å². The third kappa shape index (κ3) is 6.57. The smallest absolute Gasteiger partial charge is 0.0456 e. The molecule has 0 aromatic heterocycles. The summed E-state index contributed by atoms with van der Waals surface area (Å²) in [5, 5.41) is 9.04. The lowest BCUT2D eigenvalue weighted by molar-refractivity contribution is 0.228. The molecule has 68 valence electrons. The molecule has 0 saturated carbocycles. The maximum atomic E-state index is 9.04. The largest absolute Gasteiger partial charge is 0.396 e. The molecule has 2 heteroatoms. The molecular weight excluding hydrogens is 152 g/mol. The quantitative estimate of drug-likeness (QED) is 0.635. The lowest BCUT2D eigenvalue weighted by Crippen LogP contribution is -2.25. The summed E-state index contributed by atoms with van der Waals surface area (Å²) in [5.41, 5.74) is 0. The zero-order valence-corrected chi connectivity index (χ0v) is 9.35. The highest BCUT2D eigenvalue weighted by Gasteiger charge is 2.18. The van der Waals surface area contributed by atoms with Gasteiger partial charge in [0.15, 0.2) is 0 Å². The predicted octanol–water partition coefficient (Wildman–Crippen LogP) is 2.73. The monoisotopic (exact) mass is 174 g/mol. The van der Waals surface area contributed by atoms with Crippen molar-refractivity contribution in [1.82, 2.24) is 0 Å². The van der Waals surface area contributed by atoms with E-state index in [9.17, 15) is 0 Å². The van der Waals surface area contributed by atoms with Gasteiger partial charge >= 0.3 is 0 Å². The summed E-state index contributed by atoms with van der Waals surface area (Å²) in [6, 6.07) is 1.28. The Labute approximate surface area is 71.8 Å². The molecule has 1 nitrogen and oxygen atoms in total. The Morgan fingerprint density at radius 2 is 1.82 bits per heavy atom. The Hall–Kier alpha value is 0.177. The van der Waals surface area contributed by atoms with Gasteiger partial charge in [-0.15, -0.1) is 0 Å². The van der Waals surface area contributed by atoms with Crippen molar-refractivity contribution in [1.29, 1.82) is 0 Å². The zero-order chi connectivity index (χ0) is 8.91. The van der Waals surface area contributed by atoms with Crippen molar-refractivity contribution >= 4 is 8.07 Å². The molecule has 0 fully saturated rings. The summed E-state index contributed by atoms with van der Waals surface area (Å²) in [4.78, 5) is 0. The number of aliphatic hydroxyl groups is 1. The second-order valence-electron chi connectivity index (χ2n) is 4.60. The molecule has 0 amide bonds. The maximum absolute atomic E-state index is 9.04. The van der Waals surface area contributed by atoms with Crippen molar-refractivity contribution in [2.75, 3.05) is 6.61 Å². The normalized spacial score (nSPS) is 15.0. The first-order valence-electron chi connectivity index (χ1n) is 4.60. The molecular formula is C9H22OSi. The summed E-state index contributed by atoms with van der Waals surface area (Å²) in [7, 11) is -0.939. The highest BCUT2D eigenvalue weighted by atomic mass is 28.3. The summed E-state index contributed by atoms with van der Waals surface area (Å²) in [6.45, 7) is 9.67. The molecule has 0 aliphatic heterocycles. The SMILES string of the molecule is CCCC(CO)C[Si](C)(C)C. The fourth-order valence-corrected chi connectivity index (χ4v) is 3.60. The third-order valence-corrected chi connectivity index (χ3v) is 3.66. The number of aliphatic hydroxyl groups excluding tert-OH is 1. The standard InChI is InChI=1S/C9H22OSi/c1-5-6-9(7-10)8-11(2,3)4/h9-10H,5-8H2,1-4H3. The van der Waals surface area contributed by atoms with Gasteiger partial charge in [0.25, 0.3) is 0 Å². The van der Waals surface area contributed by atoms with Gasteiger partial charge in [0.2, 0.25) is 0 Å². The van der Waals surface area contributed by atoms with Gasteiger partial charge in [-0.25, -0.2) is 0 Å². The van der Waals surface area contributed by atoms with Crippen molar-refractivity contribution in [3.8, 4) is 0 Å². The summed E-state index contributed by atoms with van der Waals surface area (Å²) >= 11 is 0. The van der Waals surface area contributed by atoms with E-state index in [4.69, 9.17) is 5.11 Å². The van der Waals surface area contributed by atoms with E-state index in [2.05, 4.69) is 26.6 Å². The van der Waals surface area contributed by atoms with Crippen LogP contribution >= 0.6 is 0 Å². The average molecular weight is 174 g/mol. The fourth-order valence-electron chi connectivity index (χ4n) is 1.53. The van der Waals surface area contributed by atoms with Gasteiger partial charge < -0.3 is 5.11 Å². The van der Waals surface area contributed by atoms with E-state index in [1.807, 2.05) is 0 Å². The van der Waals surface area contributed by atoms with Crippen molar-refractivity contribution in [3.63, 3.8) is 0 Å². The van der Waals surface area contributed by atoms with E-state index in [1.165, 1.54) is 18.9 Å². The minimum Gasteiger partial charge on any atom is -0.396 e. The molecule has 0 aromatic carbocycles. The molecule has 11 heavy (non-hydrogen) atoms. The second kappa shape index (κ2) is 4.94. The van der Waals surface area contributed by atoms with Crippen molar-refractivity contribution in [2.45, 2.75) is 45.5 Å². The van der Waals surface area contributed by atoms with Gasteiger partial charge in [-0.2, -0.15) is 0 Å². The summed E-state index contributed by atoms with van der Waals surface area (Å²) in [6.07, 6.45) is 2.40. The molecule has 0 rings (SSSR count). The van der Waals surface area contributed by atoms with Crippen LogP contribution in [0.3, 0.4) is 0 Å². The fraction of sp³-hybridized carbons (Fsp3) is 1.00. The van der Waals surface area contributed by atoms with Crippen LogP contribution in [-0.4, -0.2) is 19.8 Å². The lowest BCUT2D eigenvalue weighted by Gasteiger charge is -2.22. The molecule has 1 atom stereocenters. The van der Waals surface area contributed by atoms with E-state index in [-0.39, 0.29) is 0 Å². The van der Waals surface area contributed by atoms with Crippen LogP contribution in [0.5, 0.6) is 0 Å². The lowest BCUT2D eigenvalue weighted by atomic mass is 10.1. The Bertz CT molecular complexity index is 96.2. The van der Waals surface area contributed by atoms with Crippen LogP contribution in [0.25, 0.3) is 0 Å². The molecule has 0 bridgehead atoms. The van der Waals surface area contributed by atoms with Gasteiger partial charge in [0, 0.05) is 14.7 Å². The topological polar surface area (TPSA) is 20.2 Å². The minimum atomic E-state index is -0.939. The molecule has 0 aromatic rings. The number of hydrogen-bond donors (Lipinski definition) is 1. The Morgan fingerprint density at radius 3 is 2.09 bits per heavy atom. The molecule has 0 aliphatic carbocycles. The molecule has 1 N–H and O–H groups in total. The molecule has 1 unspecified atom stereocenters. The zero-order valence-electron chi connectivity index (χ0n) is 8.35. The van der Waals surface area contributed by atoms with E-state index in [0.29, 0.717) is 12.5 Å². The highest BCUT2D eigenvalue weighted by molar-refractivity contribution is 6.76. The molecule has 0 aliphatic rings. The van der Waals surface area contributed by atoms with Crippen molar-refractivity contribution < 1.29 is 5.11 Å². The van der Waals surface area contributed by atoms with Gasteiger partial charge in [0.05, 0.1) is 0 Å². The van der Waals surface area contributed by atoms with Crippen molar-refractivity contribution in [3.05, 3.63) is 0 Å².